The summed E-state index contributed by atoms with van der Waals surface area (Å²) in [5.74, 6) is 2.24. The molecule has 110 valence electrons. The van der Waals surface area contributed by atoms with Gasteiger partial charge in [0.25, 0.3) is 0 Å². The summed E-state index contributed by atoms with van der Waals surface area (Å²) < 4.78 is 2.00. The van der Waals surface area contributed by atoms with Crippen LogP contribution in [0.25, 0.3) is 0 Å². The molecule has 0 bridgehead atoms. The van der Waals surface area contributed by atoms with Gasteiger partial charge >= 0.3 is 0 Å². The molecule has 0 unspecified atom stereocenters. The lowest BCUT2D eigenvalue weighted by Gasteiger charge is -2.40. The molecule has 0 aliphatic carbocycles. The van der Waals surface area contributed by atoms with Crippen LogP contribution >= 0.6 is 0 Å². The second kappa shape index (κ2) is 4.91. The Morgan fingerprint density at radius 2 is 1.76 bits per heavy atom. The van der Waals surface area contributed by atoms with E-state index in [9.17, 15) is 0 Å². The van der Waals surface area contributed by atoms with Crippen LogP contribution in [0.15, 0.2) is 24.5 Å². The number of hydrogen-bond donors (Lipinski definition) is 1. The maximum atomic E-state index is 5.88. The molecule has 0 spiro atoms. The molecule has 2 aliphatic rings. The van der Waals surface area contributed by atoms with E-state index in [1.165, 1.54) is 12.8 Å². The summed E-state index contributed by atoms with van der Waals surface area (Å²) in [6.45, 7) is 3.95. The maximum absolute atomic E-state index is 5.88. The molecule has 2 saturated heterocycles. The van der Waals surface area contributed by atoms with Crippen LogP contribution in [0.3, 0.4) is 0 Å². The molecule has 2 aromatic rings. The van der Waals surface area contributed by atoms with Crippen LogP contribution in [0.4, 0.5) is 17.6 Å². The van der Waals surface area contributed by atoms with Crippen molar-refractivity contribution in [2.45, 2.75) is 18.9 Å². The lowest BCUT2D eigenvalue weighted by Crippen LogP contribution is -2.48. The monoisotopic (exact) mass is 285 g/mol. The van der Waals surface area contributed by atoms with Crippen LogP contribution in [0.1, 0.15) is 18.9 Å². The molecule has 0 saturated carbocycles. The van der Waals surface area contributed by atoms with Crippen LogP contribution in [-0.2, 0) is 0 Å². The van der Waals surface area contributed by atoms with Crippen molar-refractivity contribution in [3.05, 3.63) is 24.5 Å². The number of anilines is 3. The fourth-order valence-corrected chi connectivity index (χ4v) is 3.02. The fraction of sp³-hybridized carbons (Fsp3) is 0.500. The molecule has 7 nitrogen and oxygen atoms in total. The van der Waals surface area contributed by atoms with Gasteiger partial charge in [0, 0.05) is 44.6 Å². The molecule has 2 fully saturated rings. The lowest BCUT2D eigenvalue weighted by atomic mass is 10.1. The minimum absolute atomic E-state index is 0.358. The standard InChI is InChI=1S/C14H19N7/c15-14-17-12(19-5-1-2-6-19)8-13(18-14)20-9-11(10-20)21-7-3-4-16-21/h3-4,7-8,11H,1-2,5-6,9-10H2,(H2,15,17,18). The SMILES string of the molecule is Nc1nc(N2CCCC2)cc(N2CC(n3cccn3)C2)n1. The van der Waals surface area contributed by atoms with Gasteiger partial charge in [-0.3, -0.25) is 4.68 Å². The van der Waals surface area contributed by atoms with Crippen molar-refractivity contribution < 1.29 is 0 Å². The third-order valence-corrected chi connectivity index (χ3v) is 4.23. The highest BCUT2D eigenvalue weighted by molar-refractivity contribution is 5.55. The predicted molar refractivity (Wildman–Crippen MR) is 81.4 cm³/mol. The summed E-state index contributed by atoms with van der Waals surface area (Å²) in [7, 11) is 0. The summed E-state index contributed by atoms with van der Waals surface area (Å²) in [5, 5.41) is 4.29. The van der Waals surface area contributed by atoms with Crippen molar-refractivity contribution in [1.29, 1.82) is 0 Å². The molecule has 7 heteroatoms. The van der Waals surface area contributed by atoms with Gasteiger partial charge in [-0.2, -0.15) is 15.1 Å². The summed E-state index contributed by atoms with van der Waals surface area (Å²) in [5.41, 5.74) is 5.88. The van der Waals surface area contributed by atoms with Crippen molar-refractivity contribution >= 4 is 17.6 Å². The lowest BCUT2D eigenvalue weighted by molar-refractivity contribution is 0.366. The molecule has 0 atom stereocenters. The van der Waals surface area contributed by atoms with Gasteiger partial charge in [-0.25, -0.2) is 0 Å². The number of nitrogens with two attached hydrogens (primary N) is 1. The Labute approximate surface area is 123 Å². The zero-order valence-electron chi connectivity index (χ0n) is 11.9. The van der Waals surface area contributed by atoms with Crippen molar-refractivity contribution in [2.24, 2.45) is 0 Å². The van der Waals surface area contributed by atoms with Gasteiger partial charge in [0.05, 0.1) is 6.04 Å². The van der Waals surface area contributed by atoms with E-state index in [4.69, 9.17) is 5.73 Å². The Kier molecular flexibility index (Phi) is 2.90. The minimum Gasteiger partial charge on any atom is -0.368 e. The van der Waals surface area contributed by atoms with Crippen molar-refractivity contribution in [3.63, 3.8) is 0 Å². The van der Waals surface area contributed by atoms with Crippen LogP contribution in [0, 0.1) is 0 Å². The van der Waals surface area contributed by atoms with Crippen LogP contribution < -0.4 is 15.5 Å². The number of rotatable bonds is 3. The molecule has 2 aliphatic heterocycles. The molecular formula is C14H19N7. The van der Waals surface area contributed by atoms with E-state index in [0.29, 0.717) is 12.0 Å². The van der Waals surface area contributed by atoms with E-state index in [-0.39, 0.29) is 0 Å². The third-order valence-electron chi connectivity index (χ3n) is 4.23. The van der Waals surface area contributed by atoms with Crippen LogP contribution in [0.5, 0.6) is 0 Å². The Bertz CT molecular complexity index is 612. The van der Waals surface area contributed by atoms with Crippen LogP contribution in [0.2, 0.25) is 0 Å². The first-order chi connectivity index (χ1) is 10.3. The van der Waals surface area contributed by atoms with Crippen molar-refractivity contribution in [1.82, 2.24) is 19.7 Å². The molecule has 4 rings (SSSR count). The average Bonchev–Trinajstić information content (AvgIpc) is 3.10. The number of nitrogens with zero attached hydrogens (tertiary/aromatic N) is 6. The summed E-state index contributed by atoms with van der Waals surface area (Å²) >= 11 is 0. The molecule has 4 heterocycles. The van der Waals surface area contributed by atoms with E-state index >= 15 is 0 Å². The number of nitrogen functional groups attached to an aromatic ring is 1. The summed E-state index contributed by atoms with van der Waals surface area (Å²) in [6, 6.07) is 4.43. The molecule has 2 N–H and O–H groups in total. The maximum Gasteiger partial charge on any atom is 0.223 e. The Morgan fingerprint density at radius 3 is 2.43 bits per heavy atom. The quantitative estimate of drug-likeness (QED) is 0.903. The van der Waals surface area contributed by atoms with Crippen LogP contribution in [-0.4, -0.2) is 45.9 Å². The van der Waals surface area contributed by atoms with Gasteiger partial charge in [0.2, 0.25) is 5.95 Å². The molecule has 0 amide bonds. The highest BCUT2D eigenvalue weighted by Crippen LogP contribution is 2.29. The molecular weight excluding hydrogens is 266 g/mol. The first-order valence-corrected chi connectivity index (χ1v) is 7.43. The van der Waals surface area contributed by atoms with Gasteiger partial charge in [-0.05, 0) is 18.9 Å². The predicted octanol–water partition coefficient (Wildman–Crippen LogP) is 0.917. The normalized spacial score (nSPS) is 19.0. The number of hydrogen-bond acceptors (Lipinski definition) is 6. The summed E-state index contributed by atoms with van der Waals surface area (Å²) in [6.07, 6.45) is 6.28. The van der Waals surface area contributed by atoms with E-state index in [2.05, 4.69) is 30.9 Å². The second-order valence-electron chi connectivity index (χ2n) is 5.68. The van der Waals surface area contributed by atoms with E-state index in [1.54, 1.807) is 0 Å². The van der Waals surface area contributed by atoms with Gasteiger partial charge < -0.3 is 15.5 Å². The highest BCUT2D eigenvalue weighted by atomic mass is 15.4. The topological polar surface area (TPSA) is 76.1 Å². The first kappa shape index (κ1) is 12.4. The third kappa shape index (κ3) is 2.28. The molecule has 0 aromatic carbocycles. The van der Waals surface area contributed by atoms with Gasteiger partial charge in [0.1, 0.15) is 11.6 Å². The Hall–Kier alpha value is -2.31. The van der Waals surface area contributed by atoms with Crippen molar-refractivity contribution in [2.75, 3.05) is 41.7 Å². The Morgan fingerprint density at radius 1 is 1.05 bits per heavy atom. The minimum atomic E-state index is 0.358. The Balaban J connectivity index is 1.51. The van der Waals surface area contributed by atoms with E-state index in [0.717, 1.165) is 37.8 Å². The fourth-order valence-electron chi connectivity index (χ4n) is 3.02. The average molecular weight is 285 g/mol. The highest BCUT2D eigenvalue weighted by Gasteiger charge is 2.30. The van der Waals surface area contributed by atoms with Crippen molar-refractivity contribution in [3.8, 4) is 0 Å². The molecule has 2 aromatic heterocycles. The largest absolute Gasteiger partial charge is 0.368 e. The van der Waals surface area contributed by atoms with Gasteiger partial charge in [-0.15, -0.1) is 0 Å². The molecule has 21 heavy (non-hydrogen) atoms. The summed E-state index contributed by atoms with van der Waals surface area (Å²) in [4.78, 5) is 13.3. The first-order valence-electron chi connectivity index (χ1n) is 7.43. The zero-order valence-corrected chi connectivity index (χ0v) is 11.9. The van der Waals surface area contributed by atoms with E-state index < -0.39 is 0 Å². The smallest absolute Gasteiger partial charge is 0.223 e. The van der Waals surface area contributed by atoms with Gasteiger partial charge in [-0.1, -0.05) is 0 Å². The number of aromatic nitrogens is 4. The molecule has 0 radical (unpaired) electrons. The van der Waals surface area contributed by atoms with E-state index in [1.807, 2.05) is 23.1 Å². The van der Waals surface area contributed by atoms with Gasteiger partial charge in [0.15, 0.2) is 0 Å². The second-order valence-corrected chi connectivity index (χ2v) is 5.68. The zero-order chi connectivity index (χ0) is 14.2.